The number of aromatic nitrogens is 1. The molecule has 63 heavy (non-hydrogen) atoms. The molecule has 0 atom stereocenters. The Bertz CT molecular complexity index is 3910. The number of nitrogens with zero attached hydrogens (tertiary/aromatic N) is 2. The third-order valence-corrected chi connectivity index (χ3v) is 13.0. The third-order valence-electron chi connectivity index (χ3n) is 13.0. The van der Waals surface area contributed by atoms with E-state index in [1.807, 2.05) is 0 Å². The van der Waals surface area contributed by atoms with Crippen molar-refractivity contribution in [2.24, 2.45) is 0 Å². The van der Waals surface area contributed by atoms with Crippen LogP contribution in [0.3, 0.4) is 0 Å². The number of hydrogen-bond acceptors (Lipinski definition) is 2. The standard InChI is InChI=1S/C60H38N2O/c1-2-16-44(17-3-1)62-55-23-10-8-20-50(55)51-34-30-43(37-57(51)62)39-27-31-45(32-28-39)61(46-33-29-42-26-25-41-14-5-7-19-48(41)54(42)38-46)56-36-35-52(49-22-12-15-40-13-4-6-18-47(40)49)60-59(56)53-21-9-11-24-58(53)63-60/h1-38H. The van der Waals surface area contributed by atoms with Crippen molar-refractivity contribution in [1.82, 2.24) is 4.57 Å². The largest absolute Gasteiger partial charge is 0.455 e. The highest BCUT2D eigenvalue weighted by Crippen LogP contribution is 2.48. The number of benzene rings is 11. The first kappa shape index (κ1) is 35.4. The highest BCUT2D eigenvalue weighted by atomic mass is 16.3. The zero-order valence-corrected chi connectivity index (χ0v) is 34.2. The Labute approximate surface area is 363 Å². The van der Waals surface area contributed by atoms with Gasteiger partial charge in [0, 0.05) is 38.8 Å². The Kier molecular flexibility index (Phi) is 7.91. The van der Waals surface area contributed by atoms with Crippen LogP contribution in [0.25, 0.3) is 104 Å². The van der Waals surface area contributed by atoms with Crippen LogP contribution in [-0.2, 0) is 0 Å². The van der Waals surface area contributed by atoms with E-state index >= 15 is 0 Å². The van der Waals surface area contributed by atoms with Gasteiger partial charge in [-0.1, -0.05) is 164 Å². The van der Waals surface area contributed by atoms with Crippen LogP contribution in [0.15, 0.2) is 235 Å². The number of rotatable bonds is 6. The van der Waals surface area contributed by atoms with Gasteiger partial charge >= 0.3 is 0 Å². The third kappa shape index (κ3) is 5.60. The molecule has 0 bridgehead atoms. The number of fused-ring (bicyclic) bond motifs is 10. The summed E-state index contributed by atoms with van der Waals surface area (Å²) in [5.74, 6) is 0. The van der Waals surface area contributed by atoms with Crippen LogP contribution in [0, 0.1) is 0 Å². The lowest BCUT2D eigenvalue weighted by Crippen LogP contribution is -2.10. The van der Waals surface area contributed by atoms with Crippen molar-refractivity contribution in [3.8, 4) is 27.9 Å². The van der Waals surface area contributed by atoms with Crippen molar-refractivity contribution in [1.29, 1.82) is 0 Å². The molecule has 13 aromatic rings. The highest BCUT2D eigenvalue weighted by molar-refractivity contribution is 6.19. The first-order valence-electron chi connectivity index (χ1n) is 21.6. The molecule has 0 saturated heterocycles. The van der Waals surface area contributed by atoms with Crippen LogP contribution in [0.1, 0.15) is 0 Å². The molecule has 2 aromatic heterocycles. The van der Waals surface area contributed by atoms with Gasteiger partial charge in [0.25, 0.3) is 0 Å². The normalized spacial score (nSPS) is 11.8. The van der Waals surface area contributed by atoms with Crippen LogP contribution in [0.5, 0.6) is 0 Å². The summed E-state index contributed by atoms with van der Waals surface area (Å²) in [6.07, 6.45) is 0. The maximum Gasteiger partial charge on any atom is 0.145 e. The van der Waals surface area contributed by atoms with Gasteiger partial charge in [-0.05, 0) is 116 Å². The van der Waals surface area contributed by atoms with Gasteiger partial charge < -0.3 is 13.9 Å². The summed E-state index contributed by atoms with van der Waals surface area (Å²) in [5.41, 5.74) is 13.0. The number of anilines is 3. The fourth-order valence-electron chi connectivity index (χ4n) is 10.0. The minimum Gasteiger partial charge on any atom is -0.455 e. The Hall–Kier alpha value is -8.40. The SMILES string of the molecule is c1ccc(-n2c3ccccc3c3ccc(-c4ccc(N(c5ccc6ccc7ccccc7c6c5)c5ccc(-c6cccc7ccccc67)c6oc7ccccc7c56)cc4)cc32)cc1. The molecule has 3 nitrogen and oxygen atoms in total. The Morgan fingerprint density at radius 2 is 0.968 bits per heavy atom. The fourth-order valence-corrected chi connectivity index (χ4v) is 10.0. The smallest absolute Gasteiger partial charge is 0.145 e. The lowest BCUT2D eigenvalue weighted by atomic mass is 9.95. The van der Waals surface area contributed by atoms with E-state index in [1.54, 1.807) is 0 Å². The van der Waals surface area contributed by atoms with Crippen molar-refractivity contribution in [2.45, 2.75) is 0 Å². The van der Waals surface area contributed by atoms with Crippen LogP contribution in [-0.4, -0.2) is 4.57 Å². The lowest BCUT2D eigenvalue weighted by Gasteiger charge is -2.27. The maximum absolute atomic E-state index is 6.92. The van der Waals surface area contributed by atoms with Gasteiger partial charge in [-0.2, -0.15) is 0 Å². The minimum absolute atomic E-state index is 0.865. The Morgan fingerprint density at radius 1 is 0.349 bits per heavy atom. The van der Waals surface area contributed by atoms with E-state index in [2.05, 4.69) is 240 Å². The predicted molar refractivity (Wildman–Crippen MR) is 266 cm³/mol. The van der Waals surface area contributed by atoms with Crippen molar-refractivity contribution in [3.05, 3.63) is 231 Å². The molecule has 3 heteroatoms. The second kappa shape index (κ2) is 14.1. The molecule has 0 radical (unpaired) electrons. The summed E-state index contributed by atoms with van der Waals surface area (Å²) in [4.78, 5) is 2.42. The minimum atomic E-state index is 0.865. The van der Waals surface area contributed by atoms with E-state index in [-0.39, 0.29) is 0 Å². The molecule has 0 unspecified atom stereocenters. The van der Waals surface area contributed by atoms with E-state index in [0.717, 1.165) is 61.4 Å². The molecule has 294 valence electrons. The summed E-state index contributed by atoms with van der Waals surface area (Å²) in [6.45, 7) is 0. The van der Waals surface area contributed by atoms with Crippen LogP contribution >= 0.6 is 0 Å². The van der Waals surface area contributed by atoms with E-state index < -0.39 is 0 Å². The van der Waals surface area contributed by atoms with Gasteiger partial charge in [0.05, 0.1) is 22.1 Å². The summed E-state index contributed by atoms with van der Waals surface area (Å²) in [6, 6.07) is 83.5. The van der Waals surface area contributed by atoms with E-state index in [1.165, 1.54) is 59.7 Å². The average molecular weight is 803 g/mol. The maximum atomic E-state index is 6.92. The molecule has 0 N–H and O–H groups in total. The Morgan fingerprint density at radius 3 is 1.81 bits per heavy atom. The van der Waals surface area contributed by atoms with Crippen LogP contribution < -0.4 is 4.90 Å². The van der Waals surface area contributed by atoms with Crippen molar-refractivity contribution in [2.75, 3.05) is 4.90 Å². The first-order chi connectivity index (χ1) is 31.2. The number of hydrogen-bond donors (Lipinski definition) is 0. The molecule has 0 aliphatic carbocycles. The first-order valence-corrected chi connectivity index (χ1v) is 21.6. The molecule has 0 aliphatic rings. The second-order valence-corrected chi connectivity index (χ2v) is 16.5. The molecule has 13 rings (SSSR count). The van der Waals surface area contributed by atoms with Crippen molar-refractivity contribution in [3.63, 3.8) is 0 Å². The number of para-hydroxylation sites is 3. The second-order valence-electron chi connectivity index (χ2n) is 16.5. The summed E-state index contributed by atoms with van der Waals surface area (Å²) < 4.78 is 9.31. The van der Waals surface area contributed by atoms with Crippen molar-refractivity contribution < 1.29 is 4.42 Å². The van der Waals surface area contributed by atoms with Gasteiger partial charge in [0.1, 0.15) is 11.2 Å². The molecule has 0 fully saturated rings. The van der Waals surface area contributed by atoms with Gasteiger partial charge in [-0.15, -0.1) is 0 Å². The zero-order valence-electron chi connectivity index (χ0n) is 34.2. The number of furan rings is 1. The van der Waals surface area contributed by atoms with Gasteiger partial charge in [0.15, 0.2) is 0 Å². The summed E-state index contributed by atoms with van der Waals surface area (Å²) in [5, 5.41) is 12.0. The van der Waals surface area contributed by atoms with E-state index in [0.29, 0.717) is 0 Å². The predicted octanol–water partition coefficient (Wildman–Crippen LogP) is 16.9. The quantitative estimate of drug-likeness (QED) is 0.156. The molecular weight excluding hydrogens is 765 g/mol. The van der Waals surface area contributed by atoms with E-state index in [9.17, 15) is 0 Å². The summed E-state index contributed by atoms with van der Waals surface area (Å²) >= 11 is 0. The molecule has 2 heterocycles. The van der Waals surface area contributed by atoms with Gasteiger partial charge in [-0.3, -0.25) is 0 Å². The van der Waals surface area contributed by atoms with Gasteiger partial charge in [0.2, 0.25) is 0 Å². The highest BCUT2D eigenvalue weighted by Gasteiger charge is 2.23. The monoisotopic (exact) mass is 802 g/mol. The molecule has 0 aliphatic heterocycles. The average Bonchev–Trinajstić information content (AvgIpc) is 3.91. The van der Waals surface area contributed by atoms with Crippen molar-refractivity contribution >= 4 is 93.1 Å². The molecule has 0 spiro atoms. The molecule has 11 aromatic carbocycles. The molecule has 0 amide bonds. The van der Waals surface area contributed by atoms with Crippen LogP contribution in [0.2, 0.25) is 0 Å². The van der Waals surface area contributed by atoms with E-state index in [4.69, 9.17) is 4.42 Å². The molecule has 0 saturated carbocycles. The topological polar surface area (TPSA) is 21.3 Å². The van der Waals surface area contributed by atoms with Crippen LogP contribution in [0.4, 0.5) is 17.1 Å². The summed E-state index contributed by atoms with van der Waals surface area (Å²) in [7, 11) is 0. The fraction of sp³-hybridized carbons (Fsp3) is 0. The lowest BCUT2D eigenvalue weighted by molar-refractivity contribution is 0.670. The zero-order chi connectivity index (χ0) is 41.4. The van der Waals surface area contributed by atoms with Gasteiger partial charge in [-0.25, -0.2) is 0 Å². The molecular formula is C60H38N2O. The Balaban J connectivity index is 1.03.